The minimum Gasteiger partial charge on any atom is -0.479 e. The molecule has 0 aromatic carbocycles. The lowest BCUT2D eigenvalue weighted by Crippen LogP contribution is -2.44. The van der Waals surface area contributed by atoms with E-state index < -0.39 is 12.0 Å². The fourth-order valence-electron chi connectivity index (χ4n) is 1.87. The molecule has 2 N–H and O–H groups in total. The van der Waals surface area contributed by atoms with Crippen molar-refractivity contribution < 1.29 is 14.7 Å². The number of thiophene rings is 1. The van der Waals surface area contributed by atoms with Crippen molar-refractivity contribution >= 4 is 23.3 Å². The molecule has 2 rings (SSSR count). The first-order valence-electron chi connectivity index (χ1n) is 5.96. The number of nitrogens with one attached hydrogen (secondary N) is 1. The zero-order valence-corrected chi connectivity index (χ0v) is 10.9. The molecule has 1 aliphatic rings. The molecule has 1 heterocycles. The number of amides is 2. The average molecular weight is 268 g/mol. The summed E-state index contributed by atoms with van der Waals surface area (Å²) in [6, 6.07) is 2.54. The Labute approximate surface area is 109 Å². The van der Waals surface area contributed by atoms with E-state index in [-0.39, 0.29) is 12.1 Å². The summed E-state index contributed by atoms with van der Waals surface area (Å²) in [6.07, 6.45) is 2.02. The Kier molecular flexibility index (Phi) is 3.86. The van der Waals surface area contributed by atoms with Gasteiger partial charge in [-0.15, -0.1) is 11.3 Å². The van der Waals surface area contributed by atoms with Crippen molar-refractivity contribution in [2.45, 2.75) is 31.8 Å². The van der Waals surface area contributed by atoms with Crippen molar-refractivity contribution in [3.8, 4) is 0 Å². The summed E-state index contributed by atoms with van der Waals surface area (Å²) in [5.41, 5.74) is 0. The van der Waals surface area contributed by atoms with E-state index in [2.05, 4.69) is 5.32 Å². The van der Waals surface area contributed by atoms with Gasteiger partial charge in [0, 0.05) is 17.5 Å². The Morgan fingerprint density at radius 2 is 2.33 bits per heavy atom. The average Bonchev–Trinajstić information content (AvgIpc) is 3.01. The number of carboxylic acids is 1. The predicted molar refractivity (Wildman–Crippen MR) is 68.6 cm³/mol. The molecule has 1 fully saturated rings. The maximum atomic E-state index is 12.0. The van der Waals surface area contributed by atoms with Gasteiger partial charge in [-0.1, -0.05) is 6.07 Å². The Morgan fingerprint density at radius 3 is 2.78 bits per heavy atom. The Bertz CT molecular complexity index is 429. The first-order valence-corrected chi connectivity index (χ1v) is 6.84. The molecule has 6 heteroatoms. The van der Waals surface area contributed by atoms with E-state index in [4.69, 9.17) is 0 Å². The lowest BCUT2D eigenvalue weighted by molar-refractivity contribution is -0.139. The van der Waals surface area contributed by atoms with Gasteiger partial charge in [0.05, 0.1) is 0 Å². The molecule has 0 saturated heterocycles. The number of carbonyl (C=O) groups is 2. The van der Waals surface area contributed by atoms with Gasteiger partial charge in [-0.3, -0.25) is 0 Å². The van der Waals surface area contributed by atoms with Gasteiger partial charge in [0.2, 0.25) is 0 Å². The van der Waals surface area contributed by atoms with E-state index in [9.17, 15) is 14.7 Å². The highest BCUT2D eigenvalue weighted by molar-refractivity contribution is 7.10. The molecule has 2 amide bonds. The highest BCUT2D eigenvalue weighted by Gasteiger charge is 2.33. The largest absolute Gasteiger partial charge is 0.479 e. The summed E-state index contributed by atoms with van der Waals surface area (Å²) in [5.74, 6) is -1.03. The highest BCUT2D eigenvalue weighted by Crippen LogP contribution is 2.27. The molecule has 1 unspecified atom stereocenters. The number of rotatable bonds is 5. The Balaban J connectivity index is 2.04. The number of aliphatic carboxylic acids is 1. The lowest BCUT2D eigenvalue weighted by Gasteiger charge is -2.23. The van der Waals surface area contributed by atoms with Crippen LogP contribution in [-0.4, -0.2) is 34.6 Å². The van der Waals surface area contributed by atoms with E-state index in [1.54, 1.807) is 22.4 Å². The lowest BCUT2D eigenvalue weighted by atomic mass is 10.2. The van der Waals surface area contributed by atoms with Gasteiger partial charge < -0.3 is 15.3 Å². The minimum absolute atomic E-state index is 0.285. The van der Waals surface area contributed by atoms with Crippen molar-refractivity contribution in [2.75, 3.05) is 6.54 Å². The van der Waals surface area contributed by atoms with Crippen LogP contribution in [0.3, 0.4) is 0 Å². The summed E-state index contributed by atoms with van der Waals surface area (Å²) < 4.78 is 0. The first-order chi connectivity index (χ1) is 8.63. The third-order valence-corrected chi connectivity index (χ3v) is 3.87. The van der Waals surface area contributed by atoms with Crippen LogP contribution < -0.4 is 5.32 Å². The van der Waals surface area contributed by atoms with E-state index in [1.807, 2.05) is 6.92 Å². The standard InChI is InChI=1S/C12H16N2O3S/c1-2-14(8-5-6-8)12(17)13-10(11(15)16)9-4-3-7-18-9/h3-4,7-8,10H,2,5-6H2,1H3,(H,13,17)(H,15,16). The molecule has 0 aliphatic heterocycles. The SMILES string of the molecule is CCN(C(=O)NC(C(=O)O)c1cccs1)C1CC1. The van der Waals surface area contributed by atoms with Crippen LogP contribution >= 0.6 is 11.3 Å². The molecular formula is C12H16N2O3S. The number of carboxylic acid groups (broad SMARTS) is 1. The minimum atomic E-state index is -1.03. The van der Waals surface area contributed by atoms with Crippen LogP contribution in [0.25, 0.3) is 0 Å². The van der Waals surface area contributed by atoms with Crippen molar-refractivity contribution in [2.24, 2.45) is 0 Å². The van der Waals surface area contributed by atoms with Crippen LogP contribution in [0, 0.1) is 0 Å². The molecule has 1 atom stereocenters. The summed E-state index contributed by atoms with van der Waals surface area (Å²) >= 11 is 1.33. The summed E-state index contributed by atoms with van der Waals surface area (Å²) in [4.78, 5) is 25.6. The Morgan fingerprint density at radius 1 is 1.61 bits per heavy atom. The summed E-state index contributed by atoms with van der Waals surface area (Å²) in [6.45, 7) is 2.51. The third-order valence-electron chi connectivity index (χ3n) is 2.93. The molecular weight excluding hydrogens is 252 g/mol. The summed E-state index contributed by atoms with van der Waals surface area (Å²) in [7, 11) is 0. The van der Waals surface area contributed by atoms with Crippen molar-refractivity contribution in [3.63, 3.8) is 0 Å². The van der Waals surface area contributed by atoms with Gasteiger partial charge >= 0.3 is 12.0 Å². The highest BCUT2D eigenvalue weighted by atomic mass is 32.1. The van der Waals surface area contributed by atoms with E-state index in [0.717, 1.165) is 12.8 Å². The van der Waals surface area contributed by atoms with Gasteiger partial charge in [-0.25, -0.2) is 9.59 Å². The zero-order valence-electron chi connectivity index (χ0n) is 10.1. The van der Waals surface area contributed by atoms with E-state index >= 15 is 0 Å². The second-order valence-corrected chi connectivity index (χ2v) is 5.23. The fraction of sp³-hybridized carbons (Fsp3) is 0.500. The van der Waals surface area contributed by atoms with Gasteiger partial charge in [-0.05, 0) is 31.2 Å². The molecule has 1 saturated carbocycles. The molecule has 1 aromatic rings. The zero-order chi connectivity index (χ0) is 13.1. The van der Waals surface area contributed by atoms with Crippen LogP contribution in [0.2, 0.25) is 0 Å². The van der Waals surface area contributed by atoms with Gasteiger partial charge in [-0.2, -0.15) is 0 Å². The van der Waals surface area contributed by atoms with Gasteiger partial charge in [0.15, 0.2) is 6.04 Å². The number of hydrogen-bond acceptors (Lipinski definition) is 3. The monoisotopic (exact) mass is 268 g/mol. The molecule has 5 nitrogen and oxygen atoms in total. The molecule has 0 bridgehead atoms. The van der Waals surface area contributed by atoms with E-state index in [1.165, 1.54) is 11.3 Å². The second kappa shape index (κ2) is 5.39. The van der Waals surface area contributed by atoms with E-state index in [0.29, 0.717) is 11.4 Å². The number of carbonyl (C=O) groups excluding carboxylic acids is 1. The maximum Gasteiger partial charge on any atom is 0.331 e. The number of hydrogen-bond donors (Lipinski definition) is 2. The summed E-state index contributed by atoms with van der Waals surface area (Å²) in [5, 5.41) is 13.6. The normalized spacial score (nSPS) is 16.1. The quantitative estimate of drug-likeness (QED) is 0.859. The molecule has 98 valence electrons. The van der Waals surface area contributed by atoms with Gasteiger partial charge in [0.25, 0.3) is 0 Å². The van der Waals surface area contributed by atoms with Crippen LogP contribution in [0.5, 0.6) is 0 Å². The van der Waals surface area contributed by atoms with Crippen molar-refractivity contribution in [1.29, 1.82) is 0 Å². The van der Waals surface area contributed by atoms with Crippen molar-refractivity contribution in [1.82, 2.24) is 10.2 Å². The van der Waals surface area contributed by atoms with Crippen LogP contribution in [0.15, 0.2) is 17.5 Å². The first kappa shape index (κ1) is 12.9. The third kappa shape index (κ3) is 2.81. The number of urea groups is 1. The van der Waals surface area contributed by atoms with Gasteiger partial charge in [0.1, 0.15) is 0 Å². The van der Waals surface area contributed by atoms with Crippen LogP contribution in [0.1, 0.15) is 30.7 Å². The van der Waals surface area contributed by atoms with Crippen molar-refractivity contribution in [3.05, 3.63) is 22.4 Å². The molecule has 0 radical (unpaired) electrons. The maximum absolute atomic E-state index is 12.0. The predicted octanol–water partition coefficient (Wildman–Crippen LogP) is 2.07. The Hall–Kier alpha value is -1.56. The molecule has 1 aromatic heterocycles. The van der Waals surface area contributed by atoms with Crippen LogP contribution in [0.4, 0.5) is 4.79 Å². The topological polar surface area (TPSA) is 69.6 Å². The second-order valence-electron chi connectivity index (χ2n) is 4.25. The molecule has 1 aliphatic carbocycles. The smallest absolute Gasteiger partial charge is 0.331 e. The fourth-order valence-corrected chi connectivity index (χ4v) is 2.64. The molecule has 18 heavy (non-hydrogen) atoms. The molecule has 0 spiro atoms. The number of nitrogens with zero attached hydrogens (tertiary/aromatic N) is 1. The van der Waals surface area contributed by atoms with Crippen LogP contribution in [-0.2, 0) is 4.79 Å².